The Balaban J connectivity index is 1.35. The van der Waals surface area contributed by atoms with E-state index in [1.54, 1.807) is 0 Å². The van der Waals surface area contributed by atoms with Crippen LogP contribution in [0.2, 0.25) is 0 Å². The van der Waals surface area contributed by atoms with E-state index in [9.17, 15) is 4.79 Å². The lowest BCUT2D eigenvalue weighted by Crippen LogP contribution is -2.29. The lowest BCUT2D eigenvalue weighted by Gasteiger charge is -2.26. The zero-order valence-corrected chi connectivity index (χ0v) is 15.2. The van der Waals surface area contributed by atoms with Gasteiger partial charge in [-0.15, -0.1) is 0 Å². The monoisotopic (exact) mass is 350 g/mol. The highest BCUT2D eigenvalue weighted by atomic mass is 16.5. The van der Waals surface area contributed by atoms with Gasteiger partial charge in [-0.1, -0.05) is 30.7 Å². The van der Waals surface area contributed by atoms with Gasteiger partial charge in [0.15, 0.2) is 0 Å². The maximum Gasteiger partial charge on any atom is 0.228 e. The molecule has 0 saturated carbocycles. The van der Waals surface area contributed by atoms with Crippen molar-refractivity contribution in [2.75, 3.05) is 25.0 Å². The average molecular weight is 350 g/mol. The number of fused-ring (bicyclic) bond motifs is 1. The van der Waals surface area contributed by atoms with Crippen LogP contribution in [0, 0.1) is 0 Å². The fourth-order valence-electron chi connectivity index (χ4n) is 3.86. The molecule has 0 spiro atoms. The van der Waals surface area contributed by atoms with Gasteiger partial charge in [0.25, 0.3) is 0 Å². The zero-order valence-electron chi connectivity index (χ0n) is 15.2. The SMILES string of the molecule is O=C(Cc1ccc2c(c1)CCO2)Nc1cccc(CN2CCCCC2)c1. The van der Waals surface area contributed by atoms with Crippen LogP contribution in [0.3, 0.4) is 0 Å². The Hall–Kier alpha value is -2.33. The molecule has 4 nitrogen and oxygen atoms in total. The summed E-state index contributed by atoms with van der Waals surface area (Å²) >= 11 is 0. The number of carbonyl (C=O) groups excluding carboxylic acids is 1. The van der Waals surface area contributed by atoms with Gasteiger partial charge < -0.3 is 10.1 Å². The Morgan fingerprint density at radius 2 is 1.92 bits per heavy atom. The van der Waals surface area contributed by atoms with Gasteiger partial charge in [-0.2, -0.15) is 0 Å². The van der Waals surface area contributed by atoms with Crippen LogP contribution < -0.4 is 10.1 Å². The molecule has 136 valence electrons. The molecular weight excluding hydrogens is 324 g/mol. The first kappa shape index (κ1) is 17.1. The van der Waals surface area contributed by atoms with Crippen molar-refractivity contribution in [1.29, 1.82) is 0 Å². The normalized spacial score (nSPS) is 16.8. The Labute approximate surface area is 155 Å². The predicted octanol–water partition coefficient (Wildman–Crippen LogP) is 3.79. The summed E-state index contributed by atoms with van der Waals surface area (Å²) in [6.45, 7) is 4.07. The molecule has 0 bridgehead atoms. The van der Waals surface area contributed by atoms with Gasteiger partial charge in [0.05, 0.1) is 13.0 Å². The van der Waals surface area contributed by atoms with Crippen molar-refractivity contribution in [1.82, 2.24) is 4.90 Å². The van der Waals surface area contributed by atoms with E-state index in [0.29, 0.717) is 6.42 Å². The molecule has 0 radical (unpaired) electrons. The molecule has 1 N–H and O–H groups in total. The number of piperidine rings is 1. The number of rotatable bonds is 5. The summed E-state index contributed by atoms with van der Waals surface area (Å²) in [7, 11) is 0. The largest absolute Gasteiger partial charge is 0.493 e. The quantitative estimate of drug-likeness (QED) is 0.892. The molecule has 0 aromatic heterocycles. The second kappa shape index (κ2) is 7.92. The minimum absolute atomic E-state index is 0.0268. The van der Waals surface area contributed by atoms with Gasteiger partial charge in [-0.25, -0.2) is 0 Å². The summed E-state index contributed by atoms with van der Waals surface area (Å²) in [5.41, 5.74) is 4.39. The van der Waals surface area contributed by atoms with Crippen LogP contribution in [0.5, 0.6) is 5.75 Å². The molecule has 1 amide bonds. The topological polar surface area (TPSA) is 41.6 Å². The smallest absolute Gasteiger partial charge is 0.228 e. The number of hydrogen-bond acceptors (Lipinski definition) is 3. The highest BCUT2D eigenvalue weighted by Crippen LogP contribution is 2.26. The first-order chi connectivity index (χ1) is 12.8. The first-order valence-electron chi connectivity index (χ1n) is 9.62. The highest BCUT2D eigenvalue weighted by molar-refractivity contribution is 5.92. The van der Waals surface area contributed by atoms with Crippen LogP contribution in [0.1, 0.15) is 36.0 Å². The number of benzene rings is 2. The van der Waals surface area contributed by atoms with Gasteiger partial charge in [0.1, 0.15) is 5.75 Å². The summed E-state index contributed by atoms with van der Waals surface area (Å²) in [5, 5.41) is 3.05. The number of ether oxygens (including phenoxy) is 1. The van der Waals surface area contributed by atoms with Crippen LogP contribution in [0.25, 0.3) is 0 Å². The van der Waals surface area contributed by atoms with E-state index in [4.69, 9.17) is 4.74 Å². The molecule has 0 unspecified atom stereocenters. The summed E-state index contributed by atoms with van der Waals surface area (Å²) in [6, 6.07) is 14.3. The Morgan fingerprint density at radius 1 is 1.04 bits per heavy atom. The lowest BCUT2D eigenvalue weighted by molar-refractivity contribution is -0.115. The first-order valence-corrected chi connectivity index (χ1v) is 9.62. The molecule has 2 heterocycles. The van der Waals surface area contributed by atoms with E-state index in [0.717, 1.165) is 36.6 Å². The van der Waals surface area contributed by atoms with Gasteiger partial charge in [0, 0.05) is 18.7 Å². The van der Waals surface area contributed by atoms with Gasteiger partial charge in [-0.05, 0) is 60.8 Å². The van der Waals surface area contributed by atoms with Crippen LogP contribution >= 0.6 is 0 Å². The number of likely N-dealkylation sites (tertiary alicyclic amines) is 1. The van der Waals surface area contributed by atoms with Crippen LogP contribution in [0.4, 0.5) is 5.69 Å². The molecule has 2 aliphatic heterocycles. The van der Waals surface area contributed by atoms with Gasteiger partial charge in [0.2, 0.25) is 5.91 Å². The van der Waals surface area contributed by atoms with Gasteiger partial charge >= 0.3 is 0 Å². The van der Waals surface area contributed by atoms with Crippen molar-refractivity contribution < 1.29 is 9.53 Å². The van der Waals surface area contributed by atoms with Crippen molar-refractivity contribution in [3.05, 3.63) is 59.2 Å². The molecular formula is C22H26N2O2. The third kappa shape index (κ3) is 4.25. The summed E-state index contributed by atoms with van der Waals surface area (Å²) in [6.07, 6.45) is 5.26. The second-order valence-corrected chi connectivity index (χ2v) is 7.30. The predicted molar refractivity (Wildman–Crippen MR) is 104 cm³/mol. The number of amides is 1. The molecule has 4 rings (SSSR count). The Kier molecular flexibility index (Phi) is 5.21. The average Bonchev–Trinajstić information content (AvgIpc) is 3.10. The van der Waals surface area contributed by atoms with Crippen molar-refractivity contribution in [2.24, 2.45) is 0 Å². The molecule has 2 aromatic rings. The summed E-state index contributed by atoms with van der Waals surface area (Å²) in [4.78, 5) is 14.9. The minimum atomic E-state index is 0.0268. The van der Waals surface area contributed by atoms with Crippen molar-refractivity contribution >= 4 is 11.6 Å². The Morgan fingerprint density at radius 3 is 2.81 bits per heavy atom. The standard InChI is InChI=1S/C22H26N2O2/c25-22(15-17-7-8-21-19(13-17)9-12-26-21)23-20-6-4-5-18(14-20)16-24-10-2-1-3-11-24/h4-8,13-14H,1-3,9-12,15-16H2,(H,23,25). The van der Waals surface area contributed by atoms with E-state index >= 15 is 0 Å². The van der Waals surface area contributed by atoms with E-state index < -0.39 is 0 Å². The van der Waals surface area contributed by atoms with E-state index in [-0.39, 0.29) is 5.91 Å². The lowest BCUT2D eigenvalue weighted by atomic mass is 10.1. The van der Waals surface area contributed by atoms with Crippen molar-refractivity contribution in [3.63, 3.8) is 0 Å². The van der Waals surface area contributed by atoms with Crippen molar-refractivity contribution in [3.8, 4) is 5.75 Å². The Bertz CT molecular complexity index is 781. The maximum atomic E-state index is 12.4. The number of hydrogen-bond donors (Lipinski definition) is 1. The molecule has 1 fully saturated rings. The van der Waals surface area contributed by atoms with Crippen LogP contribution in [-0.4, -0.2) is 30.5 Å². The number of carbonyl (C=O) groups is 1. The fraction of sp³-hybridized carbons (Fsp3) is 0.409. The molecule has 4 heteroatoms. The summed E-state index contributed by atoms with van der Waals surface area (Å²) in [5.74, 6) is 0.985. The van der Waals surface area contributed by atoms with E-state index in [1.165, 1.54) is 43.5 Å². The minimum Gasteiger partial charge on any atom is -0.493 e. The number of nitrogens with one attached hydrogen (secondary N) is 1. The molecule has 1 saturated heterocycles. The third-order valence-electron chi connectivity index (χ3n) is 5.18. The molecule has 0 atom stereocenters. The molecule has 2 aliphatic rings. The third-order valence-corrected chi connectivity index (χ3v) is 5.18. The maximum absolute atomic E-state index is 12.4. The number of anilines is 1. The van der Waals surface area contributed by atoms with Crippen molar-refractivity contribution in [2.45, 2.75) is 38.6 Å². The molecule has 0 aliphatic carbocycles. The second-order valence-electron chi connectivity index (χ2n) is 7.30. The van der Waals surface area contributed by atoms with E-state index in [2.05, 4.69) is 28.4 Å². The van der Waals surface area contributed by atoms with E-state index in [1.807, 2.05) is 24.3 Å². The van der Waals surface area contributed by atoms with Crippen LogP contribution in [-0.2, 0) is 24.2 Å². The highest BCUT2D eigenvalue weighted by Gasteiger charge is 2.14. The summed E-state index contributed by atoms with van der Waals surface area (Å²) < 4.78 is 5.53. The fourth-order valence-corrected chi connectivity index (χ4v) is 3.86. The van der Waals surface area contributed by atoms with Gasteiger partial charge in [-0.3, -0.25) is 9.69 Å². The number of nitrogens with zero attached hydrogens (tertiary/aromatic N) is 1. The zero-order chi connectivity index (χ0) is 17.8. The van der Waals surface area contributed by atoms with Crippen LogP contribution in [0.15, 0.2) is 42.5 Å². The molecule has 2 aromatic carbocycles. The molecule has 26 heavy (non-hydrogen) atoms.